The maximum absolute atomic E-state index is 11.3. The molecule has 4 heteroatoms. The average molecular weight is 228 g/mol. The lowest BCUT2D eigenvalue weighted by Crippen LogP contribution is -2.15. The fraction of sp³-hybridized carbons (Fsp3) is 0.154. The highest BCUT2D eigenvalue weighted by Gasteiger charge is 2.24. The molecule has 1 atom stereocenters. The second-order valence-electron chi connectivity index (χ2n) is 3.79. The lowest BCUT2D eigenvalue weighted by Gasteiger charge is -2.11. The van der Waals surface area contributed by atoms with E-state index >= 15 is 0 Å². The third kappa shape index (κ3) is 2.47. The molecule has 1 aromatic heterocycles. The van der Waals surface area contributed by atoms with E-state index in [0.29, 0.717) is 11.4 Å². The Morgan fingerprint density at radius 3 is 2.29 bits per heavy atom. The molecule has 0 amide bonds. The summed E-state index contributed by atoms with van der Waals surface area (Å²) in [5.41, 5.74) is 1.78. The molecule has 86 valence electrons. The van der Waals surface area contributed by atoms with Crippen molar-refractivity contribution in [3.63, 3.8) is 0 Å². The van der Waals surface area contributed by atoms with Crippen LogP contribution < -0.4 is 0 Å². The van der Waals surface area contributed by atoms with E-state index in [1.165, 1.54) is 0 Å². The molecule has 0 fully saturated rings. The number of rotatable bonds is 3. The minimum atomic E-state index is -0.944. The Hall–Kier alpha value is -2.23. The maximum atomic E-state index is 11.3. The Kier molecular flexibility index (Phi) is 3.14. The molecule has 0 spiro atoms. The van der Waals surface area contributed by atoms with Crippen molar-refractivity contribution in [1.29, 1.82) is 0 Å². The van der Waals surface area contributed by atoms with Gasteiger partial charge in [0.25, 0.3) is 0 Å². The number of aromatic nitrogens is 2. The van der Waals surface area contributed by atoms with Gasteiger partial charge in [-0.1, -0.05) is 29.8 Å². The third-order valence-corrected chi connectivity index (χ3v) is 2.50. The Morgan fingerprint density at radius 1 is 1.18 bits per heavy atom. The Balaban J connectivity index is 2.43. The lowest BCUT2D eigenvalue weighted by atomic mass is 9.97. The van der Waals surface area contributed by atoms with Gasteiger partial charge in [0.1, 0.15) is 11.7 Å². The number of carbonyl (C=O) groups is 1. The number of aryl methyl sites for hydroxylation is 1. The van der Waals surface area contributed by atoms with Crippen LogP contribution in [0.25, 0.3) is 0 Å². The van der Waals surface area contributed by atoms with Crippen LogP contribution in [0.4, 0.5) is 0 Å². The predicted octanol–water partition coefficient (Wildman–Crippen LogP) is 2.00. The molecule has 0 aliphatic heterocycles. The molecule has 0 saturated carbocycles. The van der Waals surface area contributed by atoms with E-state index in [4.69, 9.17) is 0 Å². The summed E-state index contributed by atoms with van der Waals surface area (Å²) in [4.78, 5) is 19.3. The normalized spacial score (nSPS) is 12.1. The predicted molar refractivity (Wildman–Crippen MR) is 62.7 cm³/mol. The van der Waals surface area contributed by atoms with E-state index in [1.807, 2.05) is 19.1 Å². The van der Waals surface area contributed by atoms with Crippen LogP contribution in [-0.2, 0) is 4.79 Å². The van der Waals surface area contributed by atoms with Crippen molar-refractivity contribution in [3.05, 3.63) is 59.7 Å². The van der Waals surface area contributed by atoms with Gasteiger partial charge in [-0.05, 0) is 18.6 Å². The second kappa shape index (κ2) is 4.74. The highest BCUT2D eigenvalue weighted by Crippen LogP contribution is 2.21. The topological polar surface area (TPSA) is 63.1 Å². The summed E-state index contributed by atoms with van der Waals surface area (Å²) in [5, 5.41) is 9.27. The molecular formula is C13H12N2O2. The second-order valence-corrected chi connectivity index (χ2v) is 3.79. The highest BCUT2D eigenvalue weighted by molar-refractivity contribution is 5.79. The molecule has 1 heterocycles. The van der Waals surface area contributed by atoms with Crippen molar-refractivity contribution in [2.75, 3.05) is 0 Å². The third-order valence-electron chi connectivity index (χ3n) is 2.50. The number of hydrogen-bond donors (Lipinski definition) is 1. The Morgan fingerprint density at radius 2 is 1.76 bits per heavy atom. The van der Waals surface area contributed by atoms with Crippen molar-refractivity contribution in [2.45, 2.75) is 12.8 Å². The van der Waals surface area contributed by atoms with E-state index in [0.717, 1.165) is 5.56 Å². The molecule has 0 aliphatic rings. The van der Waals surface area contributed by atoms with Crippen LogP contribution in [0.15, 0.2) is 42.7 Å². The van der Waals surface area contributed by atoms with Gasteiger partial charge in [-0.15, -0.1) is 0 Å². The van der Waals surface area contributed by atoms with E-state index in [9.17, 15) is 9.90 Å². The van der Waals surface area contributed by atoms with Gasteiger partial charge in [-0.3, -0.25) is 4.79 Å². The van der Waals surface area contributed by atoms with Gasteiger partial charge in [0.2, 0.25) is 0 Å². The van der Waals surface area contributed by atoms with Crippen LogP contribution in [-0.4, -0.2) is 21.0 Å². The van der Waals surface area contributed by atoms with Gasteiger partial charge in [0, 0.05) is 12.4 Å². The molecule has 1 N–H and O–H groups in total. The van der Waals surface area contributed by atoms with Gasteiger partial charge < -0.3 is 5.11 Å². The number of carboxylic acids is 1. The average Bonchev–Trinajstić information content (AvgIpc) is 2.33. The molecule has 17 heavy (non-hydrogen) atoms. The molecule has 1 unspecified atom stereocenters. The van der Waals surface area contributed by atoms with Crippen molar-refractivity contribution in [2.24, 2.45) is 0 Å². The van der Waals surface area contributed by atoms with E-state index in [2.05, 4.69) is 9.97 Å². The molecule has 0 bridgehead atoms. The minimum Gasteiger partial charge on any atom is -0.480 e. The molecule has 1 aromatic carbocycles. The number of carboxylic acid groups (broad SMARTS) is 1. The smallest absolute Gasteiger partial charge is 0.318 e. The number of nitrogens with zero attached hydrogens (tertiary/aromatic N) is 2. The van der Waals surface area contributed by atoms with Crippen LogP contribution in [0, 0.1) is 6.92 Å². The monoisotopic (exact) mass is 228 g/mol. The zero-order valence-electron chi connectivity index (χ0n) is 9.37. The van der Waals surface area contributed by atoms with E-state index in [-0.39, 0.29) is 0 Å². The molecule has 0 saturated heterocycles. The van der Waals surface area contributed by atoms with Gasteiger partial charge in [-0.2, -0.15) is 0 Å². The van der Waals surface area contributed by atoms with Gasteiger partial charge >= 0.3 is 5.97 Å². The van der Waals surface area contributed by atoms with E-state index in [1.54, 1.807) is 30.6 Å². The SMILES string of the molecule is Cc1ccc(C(C(=O)O)c2ncccn2)cc1. The minimum absolute atomic E-state index is 0.309. The maximum Gasteiger partial charge on any atom is 0.318 e. The lowest BCUT2D eigenvalue weighted by molar-refractivity contribution is -0.137. The highest BCUT2D eigenvalue weighted by atomic mass is 16.4. The molecule has 2 aromatic rings. The number of hydrogen-bond acceptors (Lipinski definition) is 3. The largest absolute Gasteiger partial charge is 0.480 e. The fourth-order valence-electron chi connectivity index (χ4n) is 1.62. The standard InChI is InChI=1S/C13H12N2O2/c1-9-3-5-10(6-4-9)11(13(16)17)12-14-7-2-8-15-12/h2-8,11H,1H3,(H,16,17). The molecular weight excluding hydrogens is 216 g/mol. The van der Waals surface area contributed by atoms with Crippen molar-refractivity contribution < 1.29 is 9.90 Å². The zero-order valence-corrected chi connectivity index (χ0v) is 9.37. The van der Waals surface area contributed by atoms with Crippen LogP contribution in [0.2, 0.25) is 0 Å². The quantitative estimate of drug-likeness (QED) is 0.872. The number of benzene rings is 1. The first kappa shape index (κ1) is 11.3. The van der Waals surface area contributed by atoms with Crippen LogP contribution >= 0.6 is 0 Å². The van der Waals surface area contributed by atoms with Gasteiger partial charge in [0.05, 0.1) is 0 Å². The van der Waals surface area contributed by atoms with Crippen molar-refractivity contribution in [3.8, 4) is 0 Å². The van der Waals surface area contributed by atoms with Crippen molar-refractivity contribution >= 4 is 5.97 Å². The van der Waals surface area contributed by atoms with Gasteiger partial charge in [0.15, 0.2) is 0 Å². The summed E-state index contributed by atoms with van der Waals surface area (Å²) < 4.78 is 0. The summed E-state index contributed by atoms with van der Waals surface area (Å²) in [6.07, 6.45) is 3.10. The van der Waals surface area contributed by atoms with Crippen LogP contribution in [0.1, 0.15) is 22.9 Å². The van der Waals surface area contributed by atoms with Crippen LogP contribution in [0.5, 0.6) is 0 Å². The molecule has 0 radical (unpaired) electrons. The Bertz CT molecular complexity index is 509. The molecule has 4 nitrogen and oxygen atoms in total. The Labute approximate surface area is 99.0 Å². The van der Waals surface area contributed by atoms with Gasteiger partial charge in [-0.25, -0.2) is 9.97 Å². The molecule has 2 rings (SSSR count). The number of aliphatic carboxylic acids is 1. The summed E-state index contributed by atoms with van der Waals surface area (Å²) in [6.45, 7) is 1.96. The van der Waals surface area contributed by atoms with Crippen molar-refractivity contribution in [1.82, 2.24) is 9.97 Å². The summed E-state index contributed by atoms with van der Waals surface area (Å²) in [7, 11) is 0. The first-order valence-corrected chi connectivity index (χ1v) is 5.25. The first-order chi connectivity index (χ1) is 8.18. The molecule has 0 aliphatic carbocycles. The summed E-state index contributed by atoms with van der Waals surface area (Å²) in [6, 6.07) is 9.02. The van der Waals surface area contributed by atoms with Crippen LogP contribution in [0.3, 0.4) is 0 Å². The first-order valence-electron chi connectivity index (χ1n) is 5.25. The summed E-state index contributed by atoms with van der Waals surface area (Å²) in [5.74, 6) is -1.44. The van der Waals surface area contributed by atoms with E-state index < -0.39 is 11.9 Å². The zero-order chi connectivity index (χ0) is 12.3. The fourth-order valence-corrected chi connectivity index (χ4v) is 1.62. The summed E-state index contributed by atoms with van der Waals surface area (Å²) >= 11 is 0.